The van der Waals surface area contributed by atoms with Gasteiger partial charge in [-0.1, -0.05) is 13.0 Å². The molecule has 1 unspecified atom stereocenters. The van der Waals surface area contributed by atoms with Crippen LogP contribution in [0.4, 0.5) is 0 Å². The average molecular weight is 248 g/mol. The molecule has 4 nitrogen and oxygen atoms in total. The first kappa shape index (κ1) is 14.5. The standard InChI is InChI=1S/C14H20N2O2/c1-4-13(10-17-2)16-9-11-5-6-14(18-3)12(7-11)8-15/h5-7,13,16H,4,9-10H2,1-3H3. The highest BCUT2D eigenvalue weighted by Gasteiger charge is 2.07. The number of nitriles is 1. The Labute approximate surface area is 109 Å². The van der Waals surface area contributed by atoms with Gasteiger partial charge in [-0.05, 0) is 24.1 Å². The number of nitrogens with one attached hydrogen (secondary N) is 1. The molecule has 0 amide bonds. The lowest BCUT2D eigenvalue weighted by molar-refractivity contribution is 0.164. The summed E-state index contributed by atoms with van der Waals surface area (Å²) in [7, 11) is 3.27. The first-order valence-corrected chi connectivity index (χ1v) is 6.04. The lowest BCUT2D eigenvalue weighted by atomic mass is 10.1. The zero-order valence-corrected chi connectivity index (χ0v) is 11.2. The molecule has 0 aliphatic rings. The van der Waals surface area contributed by atoms with Crippen molar-refractivity contribution in [2.45, 2.75) is 25.9 Å². The van der Waals surface area contributed by atoms with Gasteiger partial charge in [0.25, 0.3) is 0 Å². The molecule has 1 aromatic carbocycles. The molecular formula is C14H20N2O2. The van der Waals surface area contributed by atoms with Crippen LogP contribution in [0, 0.1) is 11.3 Å². The Bertz CT molecular complexity index is 413. The van der Waals surface area contributed by atoms with Gasteiger partial charge < -0.3 is 14.8 Å². The number of methoxy groups -OCH3 is 2. The maximum Gasteiger partial charge on any atom is 0.136 e. The molecule has 1 atom stereocenters. The van der Waals surface area contributed by atoms with Gasteiger partial charge in [0.1, 0.15) is 11.8 Å². The van der Waals surface area contributed by atoms with Crippen molar-refractivity contribution in [2.24, 2.45) is 0 Å². The Hall–Kier alpha value is -1.57. The van der Waals surface area contributed by atoms with Crippen LogP contribution in [0.2, 0.25) is 0 Å². The number of nitrogens with zero attached hydrogens (tertiary/aromatic N) is 1. The second kappa shape index (κ2) is 7.70. The quantitative estimate of drug-likeness (QED) is 0.802. The van der Waals surface area contributed by atoms with Crippen molar-refractivity contribution in [3.05, 3.63) is 29.3 Å². The molecule has 0 saturated heterocycles. The lowest BCUT2D eigenvalue weighted by Crippen LogP contribution is -2.32. The summed E-state index contributed by atoms with van der Waals surface area (Å²) in [6.07, 6.45) is 1.01. The van der Waals surface area contributed by atoms with Crippen LogP contribution in [0.15, 0.2) is 18.2 Å². The highest BCUT2D eigenvalue weighted by Crippen LogP contribution is 2.18. The lowest BCUT2D eigenvalue weighted by Gasteiger charge is -2.16. The van der Waals surface area contributed by atoms with E-state index in [0.29, 0.717) is 24.0 Å². The normalized spacial score (nSPS) is 11.9. The Morgan fingerprint density at radius 3 is 2.72 bits per heavy atom. The summed E-state index contributed by atoms with van der Waals surface area (Å²) in [5, 5.41) is 12.4. The minimum Gasteiger partial charge on any atom is -0.495 e. The van der Waals surface area contributed by atoms with Crippen molar-refractivity contribution in [1.82, 2.24) is 5.32 Å². The molecule has 18 heavy (non-hydrogen) atoms. The number of rotatable bonds is 7. The Balaban J connectivity index is 2.65. The van der Waals surface area contributed by atoms with Crippen molar-refractivity contribution >= 4 is 0 Å². The van der Waals surface area contributed by atoms with E-state index >= 15 is 0 Å². The van der Waals surface area contributed by atoms with Crippen LogP contribution in [-0.2, 0) is 11.3 Å². The molecule has 0 heterocycles. The molecule has 98 valence electrons. The van der Waals surface area contributed by atoms with E-state index in [1.165, 1.54) is 0 Å². The number of hydrogen-bond donors (Lipinski definition) is 1. The number of ether oxygens (including phenoxy) is 2. The molecule has 0 aliphatic carbocycles. The average Bonchev–Trinajstić information content (AvgIpc) is 2.42. The molecule has 1 rings (SSSR count). The van der Waals surface area contributed by atoms with Gasteiger partial charge >= 0.3 is 0 Å². The second-order valence-corrected chi connectivity index (χ2v) is 4.09. The summed E-state index contributed by atoms with van der Waals surface area (Å²) >= 11 is 0. The maximum atomic E-state index is 9.01. The third-order valence-electron chi connectivity index (χ3n) is 2.84. The molecule has 0 aromatic heterocycles. The molecule has 1 N–H and O–H groups in total. The van der Waals surface area contributed by atoms with Gasteiger partial charge in [0.15, 0.2) is 0 Å². The molecule has 0 spiro atoms. The van der Waals surface area contributed by atoms with Crippen LogP contribution in [0.3, 0.4) is 0 Å². The highest BCUT2D eigenvalue weighted by molar-refractivity contribution is 5.45. The van der Waals surface area contributed by atoms with Gasteiger partial charge in [0.05, 0.1) is 19.3 Å². The van der Waals surface area contributed by atoms with Crippen molar-refractivity contribution in [1.29, 1.82) is 5.26 Å². The summed E-state index contributed by atoms with van der Waals surface area (Å²) in [4.78, 5) is 0. The maximum absolute atomic E-state index is 9.01. The van der Waals surface area contributed by atoms with Gasteiger partial charge in [0, 0.05) is 19.7 Å². The van der Waals surface area contributed by atoms with E-state index in [9.17, 15) is 0 Å². The van der Waals surface area contributed by atoms with Gasteiger partial charge in [0.2, 0.25) is 0 Å². The zero-order chi connectivity index (χ0) is 13.4. The smallest absolute Gasteiger partial charge is 0.136 e. The van der Waals surface area contributed by atoms with Gasteiger partial charge in [-0.2, -0.15) is 5.26 Å². The van der Waals surface area contributed by atoms with Crippen LogP contribution in [-0.4, -0.2) is 26.9 Å². The Kier molecular flexibility index (Phi) is 6.20. The van der Waals surface area contributed by atoms with Crippen molar-refractivity contribution in [3.63, 3.8) is 0 Å². The molecule has 0 radical (unpaired) electrons. The minimum atomic E-state index is 0.336. The fourth-order valence-corrected chi connectivity index (χ4v) is 1.74. The van der Waals surface area contributed by atoms with Crippen molar-refractivity contribution in [3.8, 4) is 11.8 Å². The van der Waals surface area contributed by atoms with E-state index in [1.54, 1.807) is 14.2 Å². The third-order valence-corrected chi connectivity index (χ3v) is 2.84. The van der Waals surface area contributed by atoms with Gasteiger partial charge in [-0.25, -0.2) is 0 Å². The summed E-state index contributed by atoms with van der Waals surface area (Å²) in [6.45, 7) is 3.53. The SMILES string of the molecule is CCC(COC)NCc1ccc(OC)c(C#N)c1. The minimum absolute atomic E-state index is 0.336. The molecule has 0 aliphatic heterocycles. The Morgan fingerprint density at radius 1 is 1.39 bits per heavy atom. The van der Waals surface area contributed by atoms with Crippen LogP contribution in [0.5, 0.6) is 5.75 Å². The van der Waals surface area contributed by atoms with E-state index in [1.807, 2.05) is 18.2 Å². The van der Waals surface area contributed by atoms with Crippen LogP contribution in [0.1, 0.15) is 24.5 Å². The largest absolute Gasteiger partial charge is 0.495 e. The van der Waals surface area contributed by atoms with Gasteiger partial charge in [-0.15, -0.1) is 0 Å². The summed E-state index contributed by atoms with van der Waals surface area (Å²) in [6, 6.07) is 8.12. The summed E-state index contributed by atoms with van der Waals surface area (Å²) < 4.78 is 10.2. The molecule has 1 aromatic rings. The van der Waals surface area contributed by atoms with Gasteiger partial charge in [-0.3, -0.25) is 0 Å². The monoisotopic (exact) mass is 248 g/mol. The fraction of sp³-hybridized carbons (Fsp3) is 0.500. The highest BCUT2D eigenvalue weighted by atomic mass is 16.5. The predicted molar refractivity (Wildman–Crippen MR) is 70.5 cm³/mol. The molecule has 0 fully saturated rings. The van der Waals surface area contributed by atoms with E-state index in [0.717, 1.165) is 18.5 Å². The van der Waals surface area contributed by atoms with Crippen LogP contribution >= 0.6 is 0 Å². The first-order chi connectivity index (χ1) is 8.74. The third kappa shape index (κ3) is 4.02. The fourth-order valence-electron chi connectivity index (χ4n) is 1.74. The second-order valence-electron chi connectivity index (χ2n) is 4.09. The number of hydrogen-bond acceptors (Lipinski definition) is 4. The van der Waals surface area contributed by atoms with E-state index in [2.05, 4.69) is 18.3 Å². The first-order valence-electron chi connectivity index (χ1n) is 6.04. The molecular weight excluding hydrogens is 228 g/mol. The molecule has 4 heteroatoms. The summed E-state index contributed by atoms with van der Waals surface area (Å²) in [5.41, 5.74) is 1.64. The van der Waals surface area contributed by atoms with E-state index in [4.69, 9.17) is 14.7 Å². The predicted octanol–water partition coefficient (Wildman–Crippen LogP) is 2.08. The molecule has 0 saturated carbocycles. The molecule has 0 bridgehead atoms. The van der Waals surface area contributed by atoms with Crippen LogP contribution in [0.25, 0.3) is 0 Å². The van der Waals surface area contributed by atoms with E-state index < -0.39 is 0 Å². The Morgan fingerprint density at radius 2 is 2.17 bits per heavy atom. The van der Waals surface area contributed by atoms with Crippen molar-refractivity contribution < 1.29 is 9.47 Å². The number of benzene rings is 1. The topological polar surface area (TPSA) is 54.3 Å². The summed E-state index contributed by atoms with van der Waals surface area (Å²) in [5.74, 6) is 0.616. The van der Waals surface area contributed by atoms with Crippen molar-refractivity contribution in [2.75, 3.05) is 20.8 Å². The van der Waals surface area contributed by atoms with Crippen LogP contribution < -0.4 is 10.1 Å². The zero-order valence-electron chi connectivity index (χ0n) is 11.2. The van der Waals surface area contributed by atoms with E-state index in [-0.39, 0.29) is 0 Å².